The van der Waals surface area contributed by atoms with Crippen LogP contribution in [0, 0.1) is 12.8 Å². The Labute approximate surface area is 110 Å². The van der Waals surface area contributed by atoms with E-state index < -0.39 is 0 Å². The number of rotatable bonds is 6. The zero-order valence-corrected chi connectivity index (χ0v) is 12.5. The van der Waals surface area contributed by atoms with Gasteiger partial charge in [-0.3, -0.25) is 0 Å². The Kier molecular flexibility index (Phi) is 6.07. The monoisotopic (exact) mass is 251 g/mol. The first kappa shape index (κ1) is 14.6. The van der Waals surface area contributed by atoms with Gasteiger partial charge in [-0.1, -0.05) is 39.8 Å². The van der Waals surface area contributed by atoms with Gasteiger partial charge in [-0.05, 0) is 30.0 Å². The Morgan fingerprint density at radius 3 is 2.41 bits per heavy atom. The summed E-state index contributed by atoms with van der Waals surface area (Å²) in [5, 5.41) is 3.45. The molecular formula is C15H25NS. The lowest BCUT2D eigenvalue weighted by Gasteiger charge is -2.11. The summed E-state index contributed by atoms with van der Waals surface area (Å²) in [6.45, 7) is 12.1. The summed E-state index contributed by atoms with van der Waals surface area (Å²) in [6.07, 6.45) is 0. The van der Waals surface area contributed by atoms with Gasteiger partial charge in [-0.15, -0.1) is 11.8 Å². The van der Waals surface area contributed by atoms with Crippen molar-refractivity contribution >= 4 is 11.8 Å². The molecule has 1 aromatic carbocycles. The highest BCUT2D eigenvalue weighted by Crippen LogP contribution is 2.25. The van der Waals surface area contributed by atoms with E-state index in [1.165, 1.54) is 21.8 Å². The van der Waals surface area contributed by atoms with Gasteiger partial charge in [-0.2, -0.15) is 0 Å². The molecule has 0 amide bonds. The summed E-state index contributed by atoms with van der Waals surface area (Å²) in [6, 6.07) is 7.35. The van der Waals surface area contributed by atoms with Crippen molar-refractivity contribution in [2.75, 3.05) is 5.75 Å². The van der Waals surface area contributed by atoms with Crippen molar-refractivity contribution in [2.24, 2.45) is 5.92 Å². The van der Waals surface area contributed by atoms with Gasteiger partial charge in [0.1, 0.15) is 0 Å². The average molecular weight is 251 g/mol. The van der Waals surface area contributed by atoms with Crippen LogP contribution in [0.2, 0.25) is 0 Å². The summed E-state index contributed by atoms with van der Waals surface area (Å²) >= 11 is 1.97. The molecule has 0 aliphatic heterocycles. The summed E-state index contributed by atoms with van der Waals surface area (Å²) < 4.78 is 0. The zero-order valence-electron chi connectivity index (χ0n) is 11.7. The molecular weight excluding hydrogens is 226 g/mol. The standard InChI is InChI=1S/C15H25NS/c1-11(2)10-17-15-7-6-14(8-13(15)5)9-16-12(3)4/h6-8,11-12,16H,9-10H2,1-5H3. The highest BCUT2D eigenvalue weighted by molar-refractivity contribution is 7.99. The predicted molar refractivity (Wildman–Crippen MR) is 78.7 cm³/mol. The van der Waals surface area contributed by atoms with E-state index in [1.54, 1.807) is 0 Å². The van der Waals surface area contributed by atoms with E-state index in [4.69, 9.17) is 0 Å². The SMILES string of the molecule is Cc1cc(CNC(C)C)ccc1SCC(C)C. The lowest BCUT2D eigenvalue weighted by Crippen LogP contribution is -2.21. The molecule has 96 valence electrons. The van der Waals surface area contributed by atoms with Gasteiger partial charge < -0.3 is 5.32 Å². The van der Waals surface area contributed by atoms with Crippen LogP contribution in [0.15, 0.2) is 23.1 Å². The molecule has 1 rings (SSSR count). The number of hydrogen-bond acceptors (Lipinski definition) is 2. The Morgan fingerprint density at radius 1 is 1.18 bits per heavy atom. The second-order valence-electron chi connectivity index (χ2n) is 5.34. The maximum absolute atomic E-state index is 3.45. The summed E-state index contributed by atoms with van der Waals surface area (Å²) in [5.74, 6) is 1.95. The van der Waals surface area contributed by atoms with Crippen molar-refractivity contribution < 1.29 is 0 Å². The molecule has 0 aromatic heterocycles. The number of thioether (sulfide) groups is 1. The first-order valence-corrected chi connectivity index (χ1v) is 7.43. The van der Waals surface area contributed by atoms with Gasteiger partial charge in [0, 0.05) is 23.2 Å². The highest BCUT2D eigenvalue weighted by Gasteiger charge is 2.03. The molecule has 0 aliphatic rings. The molecule has 0 heterocycles. The van der Waals surface area contributed by atoms with Gasteiger partial charge in [0.25, 0.3) is 0 Å². The fourth-order valence-electron chi connectivity index (χ4n) is 1.56. The lowest BCUT2D eigenvalue weighted by atomic mass is 10.1. The number of benzene rings is 1. The van der Waals surface area contributed by atoms with E-state index in [9.17, 15) is 0 Å². The van der Waals surface area contributed by atoms with Crippen molar-refractivity contribution in [3.05, 3.63) is 29.3 Å². The zero-order chi connectivity index (χ0) is 12.8. The van der Waals surface area contributed by atoms with Crippen LogP contribution in [0.25, 0.3) is 0 Å². The molecule has 0 atom stereocenters. The van der Waals surface area contributed by atoms with E-state index in [0.717, 1.165) is 12.5 Å². The molecule has 0 radical (unpaired) electrons. The average Bonchev–Trinajstić information content (AvgIpc) is 2.24. The van der Waals surface area contributed by atoms with Gasteiger partial charge in [0.2, 0.25) is 0 Å². The fraction of sp³-hybridized carbons (Fsp3) is 0.600. The second kappa shape index (κ2) is 7.07. The number of aryl methyl sites for hydroxylation is 1. The molecule has 17 heavy (non-hydrogen) atoms. The van der Waals surface area contributed by atoms with E-state index in [1.807, 2.05) is 11.8 Å². The van der Waals surface area contributed by atoms with Crippen LogP contribution in [-0.2, 0) is 6.54 Å². The minimum Gasteiger partial charge on any atom is -0.310 e. The third-order valence-corrected chi connectivity index (χ3v) is 4.13. The van der Waals surface area contributed by atoms with E-state index in [0.29, 0.717) is 6.04 Å². The van der Waals surface area contributed by atoms with Gasteiger partial charge >= 0.3 is 0 Å². The van der Waals surface area contributed by atoms with Crippen molar-refractivity contribution in [1.82, 2.24) is 5.32 Å². The molecule has 1 nitrogen and oxygen atoms in total. The minimum atomic E-state index is 0.547. The Balaban J connectivity index is 2.59. The molecule has 0 saturated carbocycles. The van der Waals surface area contributed by atoms with E-state index in [-0.39, 0.29) is 0 Å². The molecule has 0 aliphatic carbocycles. The molecule has 1 N–H and O–H groups in total. The quantitative estimate of drug-likeness (QED) is 0.759. The third-order valence-electron chi connectivity index (χ3n) is 2.53. The first-order chi connectivity index (χ1) is 7.99. The largest absolute Gasteiger partial charge is 0.310 e. The van der Waals surface area contributed by atoms with E-state index >= 15 is 0 Å². The molecule has 0 bridgehead atoms. The Hall–Kier alpha value is -0.470. The van der Waals surface area contributed by atoms with Crippen molar-refractivity contribution in [1.29, 1.82) is 0 Å². The minimum absolute atomic E-state index is 0.547. The van der Waals surface area contributed by atoms with Crippen LogP contribution >= 0.6 is 11.8 Å². The third kappa shape index (κ3) is 5.60. The van der Waals surface area contributed by atoms with Crippen LogP contribution in [0.4, 0.5) is 0 Å². The van der Waals surface area contributed by atoms with Crippen LogP contribution < -0.4 is 5.32 Å². The maximum Gasteiger partial charge on any atom is 0.0207 e. The molecule has 0 fully saturated rings. The van der Waals surface area contributed by atoms with Gasteiger partial charge in [0.05, 0.1) is 0 Å². The molecule has 0 spiro atoms. The van der Waals surface area contributed by atoms with E-state index in [2.05, 4.69) is 58.1 Å². The molecule has 0 unspecified atom stereocenters. The fourth-order valence-corrected chi connectivity index (χ4v) is 2.53. The number of hydrogen-bond donors (Lipinski definition) is 1. The second-order valence-corrected chi connectivity index (χ2v) is 6.40. The van der Waals surface area contributed by atoms with Crippen LogP contribution in [0.3, 0.4) is 0 Å². The first-order valence-electron chi connectivity index (χ1n) is 6.44. The predicted octanol–water partition coefficient (Wildman–Crippen LogP) is 4.24. The van der Waals surface area contributed by atoms with Gasteiger partial charge in [-0.25, -0.2) is 0 Å². The van der Waals surface area contributed by atoms with Gasteiger partial charge in [0.15, 0.2) is 0 Å². The molecule has 2 heteroatoms. The summed E-state index contributed by atoms with van der Waals surface area (Å²) in [5.41, 5.74) is 2.78. The molecule has 0 saturated heterocycles. The number of nitrogens with one attached hydrogen (secondary N) is 1. The van der Waals surface area contributed by atoms with Crippen LogP contribution in [0.5, 0.6) is 0 Å². The van der Waals surface area contributed by atoms with Crippen LogP contribution in [-0.4, -0.2) is 11.8 Å². The van der Waals surface area contributed by atoms with Crippen molar-refractivity contribution in [3.63, 3.8) is 0 Å². The highest BCUT2D eigenvalue weighted by atomic mass is 32.2. The summed E-state index contributed by atoms with van der Waals surface area (Å²) in [7, 11) is 0. The topological polar surface area (TPSA) is 12.0 Å². The summed E-state index contributed by atoms with van der Waals surface area (Å²) in [4.78, 5) is 1.42. The smallest absolute Gasteiger partial charge is 0.0207 e. The Bertz CT molecular complexity index is 345. The lowest BCUT2D eigenvalue weighted by molar-refractivity contribution is 0.588. The molecule has 1 aromatic rings. The normalized spacial score (nSPS) is 11.5. The van der Waals surface area contributed by atoms with Crippen molar-refractivity contribution in [2.45, 2.75) is 52.1 Å². The maximum atomic E-state index is 3.45. The van der Waals surface area contributed by atoms with Crippen molar-refractivity contribution in [3.8, 4) is 0 Å². The van der Waals surface area contributed by atoms with Crippen LogP contribution in [0.1, 0.15) is 38.8 Å². The Morgan fingerprint density at radius 2 is 1.88 bits per heavy atom.